The number of hydrogen-bond acceptors (Lipinski definition) is 3. The molecule has 2 rings (SSSR count). The van der Waals surface area contributed by atoms with E-state index in [0.29, 0.717) is 0 Å². The van der Waals surface area contributed by atoms with Crippen LogP contribution >= 0.6 is 0 Å². The third kappa shape index (κ3) is 3.23. The summed E-state index contributed by atoms with van der Waals surface area (Å²) >= 11 is 0. The largest absolute Gasteiger partial charge is 0.326 e. The molecule has 0 radical (unpaired) electrons. The maximum absolute atomic E-state index is 11.9. The van der Waals surface area contributed by atoms with Crippen LogP contribution < -0.4 is 5.32 Å². The van der Waals surface area contributed by atoms with Crippen molar-refractivity contribution in [2.45, 2.75) is 33.1 Å². The molecule has 5 heteroatoms. The van der Waals surface area contributed by atoms with E-state index in [1.54, 1.807) is 0 Å². The molecule has 3 amide bonds. The monoisotopic (exact) mass is 274 g/mol. The van der Waals surface area contributed by atoms with Crippen LogP contribution in [0.15, 0.2) is 18.2 Å². The smallest absolute Gasteiger partial charge is 0.229 e. The maximum atomic E-state index is 11.9. The van der Waals surface area contributed by atoms with Crippen molar-refractivity contribution in [2.75, 3.05) is 11.9 Å². The number of amides is 3. The molecule has 1 aromatic carbocycles. The van der Waals surface area contributed by atoms with Crippen molar-refractivity contribution >= 4 is 23.4 Å². The summed E-state index contributed by atoms with van der Waals surface area (Å²) in [7, 11) is 0. The van der Waals surface area contributed by atoms with Crippen molar-refractivity contribution in [1.82, 2.24) is 4.90 Å². The van der Waals surface area contributed by atoms with Crippen molar-refractivity contribution in [3.8, 4) is 0 Å². The van der Waals surface area contributed by atoms with Gasteiger partial charge in [-0.2, -0.15) is 0 Å². The minimum absolute atomic E-state index is 0.130. The highest BCUT2D eigenvalue weighted by molar-refractivity contribution is 6.02. The Bertz CT molecular complexity index is 550. The first-order chi connectivity index (χ1) is 9.47. The molecule has 1 heterocycles. The molecule has 1 aromatic rings. The van der Waals surface area contributed by atoms with Crippen LogP contribution in [-0.2, 0) is 14.4 Å². The minimum Gasteiger partial charge on any atom is -0.326 e. The molecule has 1 N–H and O–H groups in total. The number of benzene rings is 1. The Balaban J connectivity index is 1.89. The van der Waals surface area contributed by atoms with Gasteiger partial charge in [0.05, 0.1) is 0 Å². The Morgan fingerprint density at radius 3 is 2.45 bits per heavy atom. The van der Waals surface area contributed by atoms with Crippen LogP contribution in [0.25, 0.3) is 0 Å². The number of anilines is 1. The fourth-order valence-corrected chi connectivity index (χ4v) is 2.25. The number of hydrogen-bond donors (Lipinski definition) is 1. The summed E-state index contributed by atoms with van der Waals surface area (Å²) in [4.78, 5) is 35.9. The van der Waals surface area contributed by atoms with E-state index in [1.165, 1.54) is 4.90 Å². The van der Waals surface area contributed by atoms with E-state index in [1.807, 2.05) is 32.0 Å². The Hall–Kier alpha value is -2.17. The number of aryl methyl sites for hydroxylation is 2. The molecular weight excluding hydrogens is 256 g/mol. The van der Waals surface area contributed by atoms with Gasteiger partial charge >= 0.3 is 0 Å². The summed E-state index contributed by atoms with van der Waals surface area (Å²) in [6, 6.07) is 5.77. The lowest BCUT2D eigenvalue weighted by atomic mass is 10.1. The van der Waals surface area contributed by atoms with Gasteiger partial charge < -0.3 is 5.32 Å². The highest BCUT2D eigenvalue weighted by Crippen LogP contribution is 2.17. The van der Waals surface area contributed by atoms with Crippen molar-refractivity contribution < 1.29 is 14.4 Å². The fraction of sp³-hybridized carbons (Fsp3) is 0.400. The van der Waals surface area contributed by atoms with E-state index in [-0.39, 0.29) is 43.5 Å². The average molecular weight is 274 g/mol. The van der Waals surface area contributed by atoms with E-state index in [4.69, 9.17) is 0 Å². The highest BCUT2D eigenvalue weighted by Gasteiger charge is 2.28. The molecule has 1 aliphatic heterocycles. The molecule has 1 saturated heterocycles. The standard InChI is InChI=1S/C15H18N2O3/c1-10-3-4-12(11(2)9-10)16-13(18)7-8-17-14(19)5-6-15(17)20/h3-4,9H,5-8H2,1-2H3,(H,16,18). The zero-order chi connectivity index (χ0) is 14.7. The SMILES string of the molecule is Cc1ccc(NC(=O)CCN2C(=O)CCC2=O)c(C)c1. The summed E-state index contributed by atoms with van der Waals surface area (Å²) in [5.41, 5.74) is 2.89. The summed E-state index contributed by atoms with van der Waals surface area (Å²) in [6.45, 7) is 4.08. The van der Waals surface area contributed by atoms with Gasteiger partial charge in [0.2, 0.25) is 17.7 Å². The van der Waals surface area contributed by atoms with E-state index < -0.39 is 0 Å². The number of nitrogens with one attached hydrogen (secondary N) is 1. The normalized spacial score (nSPS) is 14.8. The van der Waals surface area contributed by atoms with Crippen molar-refractivity contribution in [3.05, 3.63) is 29.3 Å². The number of carbonyl (C=O) groups excluding carboxylic acids is 3. The van der Waals surface area contributed by atoms with Crippen LogP contribution in [0.4, 0.5) is 5.69 Å². The number of likely N-dealkylation sites (tertiary alicyclic amines) is 1. The highest BCUT2D eigenvalue weighted by atomic mass is 16.2. The molecule has 0 aromatic heterocycles. The third-order valence-corrected chi connectivity index (χ3v) is 3.37. The van der Waals surface area contributed by atoms with Gasteiger partial charge in [-0.1, -0.05) is 17.7 Å². The lowest BCUT2D eigenvalue weighted by Gasteiger charge is -2.14. The Morgan fingerprint density at radius 2 is 1.85 bits per heavy atom. The summed E-state index contributed by atoms with van der Waals surface area (Å²) in [5.74, 6) is -0.562. The van der Waals surface area contributed by atoms with Gasteiger partial charge in [0.1, 0.15) is 0 Å². The zero-order valence-corrected chi connectivity index (χ0v) is 11.7. The van der Waals surface area contributed by atoms with Gasteiger partial charge in [-0.25, -0.2) is 0 Å². The van der Waals surface area contributed by atoms with E-state index >= 15 is 0 Å². The summed E-state index contributed by atoms with van der Waals surface area (Å²) in [6.07, 6.45) is 0.653. The topological polar surface area (TPSA) is 66.5 Å². The molecule has 0 atom stereocenters. The first-order valence-electron chi connectivity index (χ1n) is 6.67. The predicted octanol–water partition coefficient (Wildman–Crippen LogP) is 1.78. The zero-order valence-electron chi connectivity index (χ0n) is 11.7. The van der Waals surface area contributed by atoms with Gasteiger partial charge in [0.25, 0.3) is 0 Å². The third-order valence-electron chi connectivity index (χ3n) is 3.37. The van der Waals surface area contributed by atoms with Gasteiger partial charge in [-0.05, 0) is 25.5 Å². The van der Waals surface area contributed by atoms with Crippen LogP contribution in [0.3, 0.4) is 0 Å². The molecule has 0 saturated carbocycles. The van der Waals surface area contributed by atoms with E-state index in [0.717, 1.165) is 16.8 Å². The number of carbonyl (C=O) groups is 3. The first-order valence-corrected chi connectivity index (χ1v) is 6.67. The van der Waals surface area contributed by atoms with Gasteiger partial charge in [0.15, 0.2) is 0 Å². The summed E-state index contributed by atoms with van der Waals surface area (Å²) in [5, 5.41) is 2.80. The lowest BCUT2D eigenvalue weighted by molar-refractivity contribution is -0.138. The van der Waals surface area contributed by atoms with Crippen molar-refractivity contribution in [1.29, 1.82) is 0 Å². The van der Waals surface area contributed by atoms with Crippen LogP contribution in [-0.4, -0.2) is 29.2 Å². The molecule has 0 unspecified atom stereocenters. The molecule has 20 heavy (non-hydrogen) atoms. The number of imide groups is 1. The van der Waals surface area contributed by atoms with Crippen molar-refractivity contribution in [2.24, 2.45) is 0 Å². The Labute approximate surface area is 118 Å². The van der Waals surface area contributed by atoms with Crippen LogP contribution in [0, 0.1) is 13.8 Å². The van der Waals surface area contributed by atoms with Crippen molar-refractivity contribution in [3.63, 3.8) is 0 Å². The lowest BCUT2D eigenvalue weighted by Crippen LogP contribution is -2.32. The second-order valence-corrected chi connectivity index (χ2v) is 5.06. The molecule has 5 nitrogen and oxygen atoms in total. The summed E-state index contributed by atoms with van der Waals surface area (Å²) < 4.78 is 0. The van der Waals surface area contributed by atoms with Crippen LogP contribution in [0.1, 0.15) is 30.4 Å². The molecular formula is C15H18N2O3. The fourth-order valence-electron chi connectivity index (χ4n) is 2.25. The molecule has 0 bridgehead atoms. The Kier molecular flexibility index (Phi) is 4.17. The van der Waals surface area contributed by atoms with Crippen LogP contribution in [0.2, 0.25) is 0 Å². The van der Waals surface area contributed by atoms with Gasteiger partial charge in [-0.15, -0.1) is 0 Å². The second kappa shape index (κ2) is 5.86. The molecule has 0 aliphatic carbocycles. The quantitative estimate of drug-likeness (QED) is 0.851. The first kappa shape index (κ1) is 14.2. The second-order valence-electron chi connectivity index (χ2n) is 5.06. The molecule has 1 fully saturated rings. The van der Waals surface area contributed by atoms with Crippen LogP contribution in [0.5, 0.6) is 0 Å². The number of rotatable bonds is 4. The van der Waals surface area contributed by atoms with E-state index in [2.05, 4.69) is 5.32 Å². The molecule has 1 aliphatic rings. The van der Waals surface area contributed by atoms with Gasteiger partial charge in [-0.3, -0.25) is 19.3 Å². The Morgan fingerprint density at radius 1 is 1.20 bits per heavy atom. The maximum Gasteiger partial charge on any atom is 0.229 e. The minimum atomic E-state index is -0.190. The van der Waals surface area contributed by atoms with Gasteiger partial charge in [0, 0.05) is 31.5 Å². The molecule has 0 spiro atoms. The molecule has 106 valence electrons. The predicted molar refractivity (Wildman–Crippen MR) is 75.1 cm³/mol. The van der Waals surface area contributed by atoms with E-state index in [9.17, 15) is 14.4 Å². The average Bonchev–Trinajstić information content (AvgIpc) is 2.70. The number of nitrogens with zero attached hydrogens (tertiary/aromatic N) is 1.